The van der Waals surface area contributed by atoms with Gasteiger partial charge < -0.3 is 4.74 Å². The van der Waals surface area contributed by atoms with E-state index >= 15 is 0 Å². The van der Waals surface area contributed by atoms with Crippen molar-refractivity contribution >= 4 is 25.8 Å². The molecule has 0 aliphatic rings. The van der Waals surface area contributed by atoms with Crippen LogP contribution in [0.3, 0.4) is 0 Å². The maximum absolute atomic E-state index is 12.9. The number of nitrogens with zero attached hydrogens (tertiary/aromatic N) is 2. The smallest absolute Gasteiger partial charge is 0.186 e. The molecule has 1 heterocycles. The first-order chi connectivity index (χ1) is 12.9. The van der Waals surface area contributed by atoms with Crippen LogP contribution in [-0.4, -0.2) is 20.5 Å². The molecule has 0 saturated heterocycles. The molecular formula is C20H15BrN2O3S. The number of aromatic nitrogens is 1. The maximum atomic E-state index is 12.9. The van der Waals surface area contributed by atoms with E-state index in [0.29, 0.717) is 21.3 Å². The topological polar surface area (TPSA) is 80.1 Å². The number of pyridine rings is 1. The molecule has 5 nitrogen and oxygen atoms in total. The minimum absolute atomic E-state index is 0.128. The number of hydrogen-bond donors (Lipinski definition) is 0. The Hall–Kier alpha value is -2.69. The van der Waals surface area contributed by atoms with Crippen LogP contribution in [0.5, 0.6) is 5.75 Å². The van der Waals surface area contributed by atoms with Crippen LogP contribution >= 0.6 is 15.9 Å². The molecule has 7 heteroatoms. The zero-order valence-corrected chi connectivity index (χ0v) is 16.8. The van der Waals surface area contributed by atoms with Crippen molar-refractivity contribution in [2.45, 2.75) is 10.6 Å². The Balaban J connectivity index is 1.94. The van der Waals surface area contributed by atoms with Gasteiger partial charge in [-0.15, -0.1) is 0 Å². The zero-order chi connectivity index (χ0) is 19.4. The van der Waals surface area contributed by atoms with Crippen molar-refractivity contribution < 1.29 is 13.2 Å². The van der Waals surface area contributed by atoms with Crippen LogP contribution in [0.1, 0.15) is 11.1 Å². The third kappa shape index (κ3) is 4.35. The molecule has 0 spiro atoms. The van der Waals surface area contributed by atoms with Crippen LogP contribution in [0.4, 0.5) is 0 Å². The molecule has 0 amide bonds. The van der Waals surface area contributed by atoms with Crippen molar-refractivity contribution in [3.63, 3.8) is 0 Å². The normalized spacial score (nSPS) is 11.0. The first kappa shape index (κ1) is 19.1. The Morgan fingerprint density at radius 2 is 1.81 bits per heavy atom. The lowest BCUT2D eigenvalue weighted by atomic mass is 10.0. The van der Waals surface area contributed by atoms with Crippen molar-refractivity contribution in [2.24, 2.45) is 0 Å². The average Bonchev–Trinajstić information content (AvgIpc) is 2.68. The minimum atomic E-state index is -3.63. The fourth-order valence-electron chi connectivity index (χ4n) is 2.65. The third-order valence-electron chi connectivity index (χ3n) is 3.96. The molecule has 0 fully saturated rings. The Morgan fingerprint density at radius 3 is 2.48 bits per heavy atom. The largest absolute Gasteiger partial charge is 0.495 e. The second-order valence-corrected chi connectivity index (χ2v) is 8.70. The molecular weight excluding hydrogens is 428 g/mol. The predicted molar refractivity (Wildman–Crippen MR) is 106 cm³/mol. The molecule has 0 aliphatic heterocycles. The number of methoxy groups -OCH3 is 1. The van der Waals surface area contributed by atoms with Gasteiger partial charge in [-0.2, -0.15) is 5.26 Å². The monoisotopic (exact) mass is 442 g/mol. The molecule has 3 rings (SSSR count). The third-order valence-corrected chi connectivity index (χ3v) is 6.16. The highest BCUT2D eigenvalue weighted by molar-refractivity contribution is 9.10. The lowest BCUT2D eigenvalue weighted by Gasteiger charge is -2.11. The van der Waals surface area contributed by atoms with Gasteiger partial charge in [0, 0.05) is 22.4 Å². The average molecular weight is 443 g/mol. The number of halogens is 1. The van der Waals surface area contributed by atoms with Gasteiger partial charge in [-0.1, -0.05) is 28.1 Å². The maximum Gasteiger partial charge on any atom is 0.186 e. The molecule has 136 valence electrons. The van der Waals surface area contributed by atoms with Gasteiger partial charge in [0.05, 0.1) is 24.5 Å². The van der Waals surface area contributed by atoms with E-state index in [4.69, 9.17) is 10.00 Å². The molecule has 0 unspecified atom stereocenters. The molecule has 3 aromatic rings. The molecule has 2 aromatic carbocycles. The van der Waals surface area contributed by atoms with Gasteiger partial charge in [-0.3, -0.25) is 4.98 Å². The molecule has 0 bridgehead atoms. The van der Waals surface area contributed by atoms with Gasteiger partial charge in [0.2, 0.25) is 0 Å². The highest BCUT2D eigenvalue weighted by atomic mass is 79.9. The predicted octanol–water partition coefficient (Wildman–Crippen LogP) is 4.37. The van der Waals surface area contributed by atoms with Gasteiger partial charge in [0.25, 0.3) is 0 Å². The summed E-state index contributed by atoms with van der Waals surface area (Å²) in [6.07, 6.45) is 3.20. The summed E-state index contributed by atoms with van der Waals surface area (Å²) in [7, 11) is -2.19. The van der Waals surface area contributed by atoms with Crippen molar-refractivity contribution in [3.05, 3.63) is 76.5 Å². The van der Waals surface area contributed by atoms with Crippen molar-refractivity contribution in [3.8, 4) is 22.9 Å². The summed E-state index contributed by atoms with van der Waals surface area (Å²) in [5.74, 6) is 0.103. The highest BCUT2D eigenvalue weighted by Crippen LogP contribution is 2.30. The van der Waals surface area contributed by atoms with Gasteiger partial charge in [0.1, 0.15) is 10.6 Å². The SMILES string of the molecule is COc1ccc(Br)cc1S(=O)(=O)Cc1cncc(-c2ccc(C#N)cc2)c1. The molecule has 1 aromatic heterocycles. The van der Waals surface area contributed by atoms with E-state index in [-0.39, 0.29) is 10.6 Å². The van der Waals surface area contributed by atoms with E-state index in [1.165, 1.54) is 19.4 Å². The minimum Gasteiger partial charge on any atom is -0.495 e. The van der Waals surface area contributed by atoms with Crippen LogP contribution < -0.4 is 4.74 Å². The van der Waals surface area contributed by atoms with E-state index in [1.54, 1.807) is 36.5 Å². The Morgan fingerprint density at radius 1 is 1.07 bits per heavy atom. The van der Waals surface area contributed by atoms with Crippen molar-refractivity contribution in [2.75, 3.05) is 7.11 Å². The summed E-state index contributed by atoms with van der Waals surface area (Å²) in [5, 5.41) is 8.90. The van der Waals surface area contributed by atoms with Crippen LogP contribution in [0, 0.1) is 11.3 Å². The van der Waals surface area contributed by atoms with E-state index in [2.05, 4.69) is 27.0 Å². The van der Waals surface area contributed by atoms with Crippen LogP contribution in [0.25, 0.3) is 11.1 Å². The highest BCUT2D eigenvalue weighted by Gasteiger charge is 2.21. The summed E-state index contributed by atoms with van der Waals surface area (Å²) >= 11 is 3.30. The fraction of sp³-hybridized carbons (Fsp3) is 0.100. The van der Waals surface area contributed by atoms with E-state index in [9.17, 15) is 8.42 Å². The van der Waals surface area contributed by atoms with Crippen LogP contribution in [-0.2, 0) is 15.6 Å². The first-order valence-electron chi connectivity index (χ1n) is 7.94. The lowest BCUT2D eigenvalue weighted by Crippen LogP contribution is -2.07. The van der Waals surface area contributed by atoms with Crippen molar-refractivity contribution in [1.29, 1.82) is 5.26 Å². The van der Waals surface area contributed by atoms with Crippen LogP contribution in [0.2, 0.25) is 0 Å². The van der Waals surface area contributed by atoms with Gasteiger partial charge >= 0.3 is 0 Å². The van der Waals surface area contributed by atoms with Gasteiger partial charge in [-0.05, 0) is 47.5 Å². The zero-order valence-electron chi connectivity index (χ0n) is 14.4. The number of benzene rings is 2. The van der Waals surface area contributed by atoms with E-state index < -0.39 is 9.84 Å². The molecule has 0 aliphatic carbocycles. The summed E-state index contributed by atoms with van der Waals surface area (Å²) in [5.41, 5.74) is 2.78. The molecule has 27 heavy (non-hydrogen) atoms. The lowest BCUT2D eigenvalue weighted by molar-refractivity contribution is 0.402. The molecule has 0 atom stereocenters. The van der Waals surface area contributed by atoms with Crippen molar-refractivity contribution in [1.82, 2.24) is 4.98 Å². The molecule has 0 N–H and O–H groups in total. The van der Waals surface area contributed by atoms with Crippen LogP contribution in [0.15, 0.2) is 70.3 Å². The van der Waals surface area contributed by atoms with Gasteiger partial charge in [0.15, 0.2) is 9.84 Å². The van der Waals surface area contributed by atoms with E-state index in [0.717, 1.165) is 11.1 Å². The Bertz CT molecular complexity index is 1120. The second kappa shape index (κ2) is 7.91. The quantitative estimate of drug-likeness (QED) is 0.585. The summed E-state index contributed by atoms with van der Waals surface area (Å²) in [6, 6.07) is 15.8. The second-order valence-electron chi connectivity index (χ2n) is 5.83. The number of nitriles is 1. The first-order valence-corrected chi connectivity index (χ1v) is 10.4. The van der Waals surface area contributed by atoms with Gasteiger partial charge in [-0.25, -0.2) is 8.42 Å². The summed E-state index contributed by atoms with van der Waals surface area (Å²) < 4.78 is 31.7. The standard InChI is InChI=1S/C20H15BrN2O3S/c1-26-19-7-6-18(21)9-20(19)27(24,25)13-15-8-17(12-23-11-15)16-4-2-14(10-22)3-5-16/h2-9,11-12H,13H2,1H3. The Kier molecular flexibility index (Phi) is 5.59. The Labute approximate surface area is 166 Å². The molecule has 0 radical (unpaired) electrons. The number of hydrogen-bond acceptors (Lipinski definition) is 5. The number of sulfone groups is 1. The summed E-state index contributed by atoms with van der Waals surface area (Å²) in [6.45, 7) is 0. The number of ether oxygens (including phenoxy) is 1. The summed E-state index contributed by atoms with van der Waals surface area (Å²) in [4.78, 5) is 4.30. The fourth-order valence-corrected chi connectivity index (χ4v) is 4.68. The number of rotatable bonds is 5. The van der Waals surface area contributed by atoms with E-state index in [1.807, 2.05) is 12.1 Å². The molecule has 0 saturated carbocycles.